The third-order valence-corrected chi connectivity index (χ3v) is 1.73. The van der Waals surface area contributed by atoms with Crippen LogP contribution in [0, 0.1) is 0 Å². The lowest BCUT2D eigenvalue weighted by Crippen LogP contribution is -1.93. The van der Waals surface area contributed by atoms with E-state index in [4.69, 9.17) is 15.3 Å². The van der Waals surface area contributed by atoms with Gasteiger partial charge in [-0.1, -0.05) is 0 Å². The van der Waals surface area contributed by atoms with Crippen molar-refractivity contribution in [3.8, 4) is 10.8 Å². The van der Waals surface area contributed by atoms with Gasteiger partial charge in [0, 0.05) is 5.38 Å². The zero-order chi connectivity index (χ0) is 7.72. The molecule has 0 aliphatic rings. The van der Waals surface area contributed by atoms with Crippen LogP contribution >= 0.6 is 11.3 Å². The van der Waals surface area contributed by atoms with Crippen molar-refractivity contribution in [2.45, 2.75) is 0 Å². The maximum Gasteiger partial charge on any atom is 0.344 e. The van der Waals surface area contributed by atoms with Crippen LogP contribution in [0.25, 0.3) is 0 Å². The topological polar surface area (TPSA) is 77.8 Å². The van der Waals surface area contributed by atoms with Crippen LogP contribution in [-0.2, 0) is 0 Å². The van der Waals surface area contributed by atoms with Gasteiger partial charge in [0.15, 0.2) is 10.6 Å². The monoisotopic (exact) mass is 160 g/mol. The molecule has 0 fully saturated rings. The molecule has 4 nitrogen and oxygen atoms in total. The second-order valence-corrected chi connectivity index (χ2v) is 2.46. The van der Waals surface area contributed by atoms with E-state index >= 15 is 0 Å². The van der Waals surface area contributed by atoms with E-state index in [1.165, 1.54) is 5.38 Å². The predicted molar refractivity (Wildman–Crippen MR) is 34.6 cm³/mol. The third kappa shape index (κ3) is 0.906. The molecule has 10 heavy (non-hydrogen) atoms. The third-order valence-electron chi connectivity index (χ3n) is 0.966. The first-order chi connectivity index (χ1) is 4.63. The van der Waals surface area contributed by atoms with Crippen molar-refractivity contribution in [2.75, 3.05) is 0 Å². The van der Waals surface area contributed by atoms with Gasteiger partial charge in [0.25, 0.3) is 0 Å². The van der Waals surface area contributed by atoms with E-state index in [0.29, 0.717) is 0 Å². The Kier molecular flexibility index (Phi) is 1.50. The van der Waals surface area contributed by atoms with E-state index in [0.717, 1.165) is 11.3 Å². The summed E-state index contributed by atoms with van der Waals surface area (Å²) in [7, 11) is 0. The number of carbonyl (C=O) groups is 1. The molecule has 0 spiro atoms. The first-order valence-corrected chi connectivity index (χ1v) is 3.23. The van der Waals surface area contributed by atoms with Gasteiger partial charge >= 0.3 is 5.97 Å². The standard InChI is InChI=1S/C5H4O4S/c6-2-1-10-5(9)3(2)4(7)8/h1,6,9H,(H,7,8). The summed E-state index contributed by atoms with van der Waals surface area (Å²) in [6, 6.07) is 0. The highest BCUT2D eigenvalue weighted by molar-refractivity contribution is 7.12. The molecule has 0 radical (unpaired) electrons. The molecule has 54 valence electrons. The van der Waals surface area contributed by atoms with Crippen LogP contribution in [0.4, 0.5) is 0 Å². The fourth-order valence-electron chi connectivity index (χ4n) is 0.540. The Bertz CT molecular complexity index is 245. The number of aromatic carboxylic acids is 1. The SMILES string of the molecule is O=C(O)c1c(O)csc1O. The summed E-state index contributed by atoms with van der Waals surface area (Å²) in [4.78, 5) is 10.2. The summed E-state index contributed by atoms with van der Waals surface area (Å²) in [5.41, 5.74) is -0.426. The highest BCUT2D eigenvalue weighted by atomic mass is 32.1. The zero-order valence-electron chi connectivity index (χ0n) is 4.74. The number of hydrogen-bond donors (Lipinski definition) is 3. The fourth-order valence-corrected chi connectivity index (χ4v) is 1.19. The summed E-state index contributed by atoms with van der Waals surface area (Å²) >= 11 is 0.784. The summed E-state index contributed by atoms with van der Waals surface area (Å²) in [6.45, 7) is 0. The van der Waals surface area contributed by atoms with E-state index < -0.39 is 17.3 Å². The number of carboxylic acids is 1. The smallest absolute Gasteiger partial charge is 0.344 e. The Morgan fingerprint density at radius 3 is 2.30 bits per heavy atom. The van der Waals surface area contributed by atoms with Crippen LogP contribution in [0.5, 0.6) is 10.8 Å². The lowest BCUT2D eigenvalue weighted by atomic mass is 10.3. The Balaban J connectivity index is 3.23. The molecule has 0 saturated carbocycles. The largest absolute Gasteiger partial charge is 0.506 e. The van der Waals surface area contributed by atoms with Gasteiger partial charge in [-0.05, 0) is 0 Å². The van der Waals surface area contributed by atoms with Gasteiger partial charge in [0.05, 0.1) is 0 Å². The minimum Gasteiger partial charge on any atom is -0.506 e. The molecule has 0 unspecified atom stereocenters. The lowest BCUT2D eigenvalue weighted by Gasteiger charge is -1.89. The summed E-state index contributed by atoms with van der Waals surface area (Å²) in [5, 5.41) is 26.7. The molecule has 3 N–H and O–H groups in total. The normalized spacial score (nSPS) is 9.60. The van der Waals surface area contributed by atoms with Crippen molar-refractivity contribution in [3.63, 3.8) is 0 Å². The Hall–Kier alpha value is -1.23. The van der Waals surface area contributed by atoms with Crippen molar-refractivity contribution in [1.82, 2.24) is 0 Å². The highest BCUT2D eigenvalue weighted by Gasteiger charge is 2.16. The van der Waals surface area contributed by atoms with Crippen LogP contribution in [-0.4, -0.2) is 21.3 Å². The molecule has 5 heteroatoms. The molecule has 0 aliphatic carbocycles. The summed E-state index contributed by atoms with van der Waals surface area (Å²) in [6.07, 6.45) is 0. The Morgan fingerprint density at radius 2 is 2.10 bits per heavy atom. The van der Waals surface area contributed by atoms with E-state index in [9.17, 15) is 4.79 Å². The molecule has 1 heterocycles. The van der Waals surface area contributed by atoms with Gasteiger partial charge in [0.2, 0.25) is 0 Å². The predicted octanol–water partition coefficient (Wildman–Crippen LogP) is 0.857. The fraction of sp³-hybridized carbons (Fsp3) is 0. The molecular formula is C5H4O4S. The first-order valence-electron chi connectivity index (χ1n) is 2.35. The molecule has 1 rings (SSSR count). The molecule has 0 aliphatic heterocycles. The van der Waals surface area contributed by atoms with Gasteiger partial charge in [-0.2, -0.15) is 0 Å². The zero-order valence-corrected chi connectivity index (χ0v) is 5.55. The van der Waals surface area contributed by atoms with Crippen LogP contribution in [0.1, 0.15) is 10.4 Å². The maximum atomic E-state index is 10.2. The van der Waals surface area contributed by atoms with Crippen LogP contribution in [0.2, 0.25) is 0 Å². The van der Waals surface area contributed by atoms with Crippen molar-refractivity contribution in [3.05, 3.63) is 10.9 Å². The van der Waals surface area contributed by atoms with Crippen molar-refractivity contribution < 1.29 is 20.1 Å². The molecule has 1 aromatic rings. The van der Waals surface area contributed by atoms with Gasteiger partial charge in [-0.3, -0.25) is 0 Å². The van der Waals surface area contributed by atoms with Crippen LogP contribution in [0.3, 0.4) is 0 Å². The Labute approximate surface area is 60.0 Å². The average Bonchev–Trinajstić information content (AvgIpc) is 2.11. The molecule has 0 saturated heterocycles. The van der Waals surface area contributed by atoms with Gasteiger partial charge < -0.3 is 15.3 Å². The van der Waals surface area contributed by atoms with Crippen molar-refractivity contribution in [2.24, 2.45) is 0 Å². The molecular weight excluding hydrogens is 156 g/mol. The van der Waals surface area contributed by atoms with E-state index in [-0.39, 0.29) is 5.06 Å². The molecule has 0 amide bonds. The number of hydrogen-bond acceptors (Lipinski definition) is 4. The van der Waals surface area contributed by atoms with E-state index in [2.05, 4.69) is 0 Å². The quantitative estimate of drug-likeness (QED) is 0.569. The molecule has 0 bridgehead atoms. The molecule has 1 aromatic heterocycles. The summed E-state index contributed by atoms with van der Waals surface area (Å²) < 4.78 is 0. The van der Waals surface area contributed by atoms with Crippen molar-refractivity contribution >= 4 is 17.3 Å². The van der Waals surface area contributed by atoms with E-state index in [1.54, 1.807) is 0 Å². The lowest BCUT2D eigenvalue weighted by molar-refractivity contribution is 0.0691. The van der Waals surface area contributed by atoms with Gasteiger partial charge in [-0.25, -0.2) is 4.79 Å². The summed E-state index contributed by atoms with van der Waals surface area (Å²) in [5.74, 6) is -1.72. The second-order valence-electron chi connectivity index (χ2n) is 1.61. The van der Waals surface area contributed by atoms with E-state index in [1.807, 2.05) is 0 Å². The minimum absolute atomic E-state index is 0.370. The molecule has 0 atom stereocenters. The van der Waals surface area contributed by atoms with Crippen molar-refractivity contribution in [1.29, 1.82) is 0 Å². The van der Waals surface area contributed by atoms with Gasteiger partial charge in [0.1, 0.15) is 5.75 Å². The van der Waals surface area contributed by atoms with Crippen LogP contribution < -0.4 is 0 Å². The Morgan fingerprint density at radius 1 is 1.50 bits per heavy atom. The number of carboxylic acid groups (broad SMARTS) is 1. The average molecular weight is 160 g/mol. The number of rotatable bonds is 1. The number of aromatic hydroxyl groups is 2. The maximum absolute atomic E-state index is 10.2. The minimum atomic E-state index is -1.32. The highest BCUT2D eigenvalue weighted by Crippen LogP contribution is 2.33. The number of thiophene rings is 1. The first kappa shape index (κ1) is 6.88. The van der Waals surface area contributed by atoms with Crippen LogP contribution in [0.15, 0.2) is 5.38 Å². The van der Waals surface area contributed by atoms with Gasteiger partial charge in [-0.15, -0.1) is 11.3 Å². The second kappa shape index (κ2) is 2.18. The molecule has 0 aromatic carbocycles.